The Morgan fingerprint density at radius 3 is 2.26 bits per heavy atom. The number of rotatable bonds is 9. The van der Waals surface area contributed by atoms with E-state index in [4.69, 9.17) is 4.42 Å². The van der Waals surface area contributed by atoms with Crippen LogP contribution in [0.25, 0.3) is 0 Å². The van der Waals surface area contributed by atoms with Crippen LogP contribution in [0.2, 0.25) is 0 Å². The van der Waals surface area contributed by atoms with E-state index in [1.165, 1.54) is 12.1 Å². The van der Waals surface area contributed by atoms with E-state index in [0.29, 0.717) is 18.6 Å². The molecule has 0 radical (unpaired) electrons. The van der Waals surface area contributed by atoms with Crippen molar-refractivity contribution in [2.75, 3.05) is 13.1 Å². The monoisotopic (exact) mass is 392 g/mol. The van der Waals surface area contributed by atoms with Gasteiger partial charge in [-0.2, -0.15) is 0 Å². The molecule has 1 heterocycles. The maximum atomic E-state index is 12.4. The minimum absolute atomic E-state index is 0.119. The van der Waals surface area contributed by atoms with Crippen LogP contribution >= 0.6 is 0 Å². The van der Waals surface area contributed by atoms with Gasteiger partial charge in [-0.15, -0.1) is 0 Å². The number of nitrogens with zero attached hydrogens (tertiary/aromatic N) is 1. The van der Waals surface area contributed by atoms with Gasteiger partial charge in [-0.25, -0.2) is 8.42 Å². The Kier molecular flexibility index (Phi) is 7.21. The highest BCUT2D eigenvalue weighted by molar-refractivity contribution is 7.90. The molecule has 0 spiro atoms. The number of sulfone groups is 1. The molecule has 1 amide bonds. The Morgan fingerprint density at radius 2 is 1.67 bits per heavy atom. The minimum atomic E-state index is -3.51. The third kappa shape index (κ3) is 5.94. The van der Waals surface area contributed by atoms with Crippen molar-refractivity contribution >= 4 is 15.7 Å². The molecule has 2 aromatic rings. The molecule has 0 saturated heterocycles. The van der Waals surface area contributed by atoms with E-state index in [9.17, 15) is 13.2 Å². The van der Waals surface area contributed by atoms with Crippen LogP contribution in [-0.2, 0) is 15.6 Å². The van der Waals surface area contributed by atoms with E-state index in [1.807, 2.05) is 0 Å². The summed E-state index contributed by atoms with van der Waals surface area (Å²) in [6.07, 6.45) is 0. The van der Waals surface area contributed by atoms with Crippen molar-refractivity contribution < 1.29 is 17.6 Å². The van der Waals surface area contributed by atoms with Crippen LogP contribution in [-0.4, -0.2) is 44.4 Å². The van der Waals surface area contributed by atoms with E-state index < -0.39 is 9.84 Å². The predicted molar refractivity (Wildman–Crippen MR) is 105 cm³/mol. The SMILES string of the molecule is CC(C)N(CCNC(=O)c1ccc(CS(=O)(=O)c2ccccc2)o1)C(C)C. The fourth-order valence-corrected chi connectivity index (χ4v) is 4.24. The van der Waals surface area contributed by atoms with Crippen molar-refractivity contribution in [2.24, 2.45) is 0 Å². The molecule has 0 aliphatic rings. The molecular weight excluding hydrogens is 364 g/mol. The van der Waals surface area contributed by atoms with Crippen LogP contribution in [0.5, 0.6) is 0 Å². The van der Waals surface area contributed by atoms with Crippen LogP contribution in [0.4, 0.5) is 0 Å². The molecule has 1 aromatic heterocycles. The summed E-state index contributed by atoms with van der Waals surface area (Å²) in [7, 11) is -3.51. The number of hydrogen-bond donors (Lipinski definition) is 1. The molecule has 148 valence electrons. The third-order valence-electron chi connectivity index (χ3n) is 4.30. The zero-order valence-electron chi connectivity index (χ0n) is 16.3. The summed E-state index contributed by atoms with van der Waals surface area (Å²) in [6.45, 7) is 9.70. The summed E-state index contributed by atoms with van der Waals surface area (Å²) in [6, 6.07) is 12.0. The van der Waals surface area contributed by atoms with Gasteiger partial charge in [0.1, 0.15) is 11.5 Å². The first kappa shape index (κ1) is 21.2. The van der Waals surface area contributed by atoms with E-state index in [-0.39, 0.29) is 28.1 Å². The highest BCUT2D eigenvalue weighted by Gasteiger charge is 2.19. The number of amides is 1. The summed E-state index contributed by atoms with van der Waals surface area (Å²) in [4.78, 5) is 14.8. The molecule has 0 fully saturated rings. The van der Waals surface area contributed by atoms with Crippen LogP contribution in [0.3, 0.4) is 0 Å². The predicted octanol–water partition coefficient (Wildman–Crippen LogP) is 3.10. The summed E-state index contributed by atoms with van der Waals surface area (Å²) in [5.74, 6) is -0.256. The van der Waals surface area contributed by atoms with E-state index in [0.717, 1.165) is 6.54 Å². The van der Waals surface area contributed by atoms with Crippen molar-refractivity contribution in [1.29, 1.82) is 0 Å². The second kappa shape index (κ2) is 9.19. The van der Waals surface area contributed by atoms with E-state index >= 15 is 0 Å². The van der Waals surface area contributed by atoms with E-state index in [2.05, 4.69) is 37.9 Å². The Bertz CT molecular complexity index is 834. The molecule has 7 heteroatoms. The Morgan fingerprint density at radius 1 is 1.04 bits per heavy atom. The van der Waals surface area contributed by atoms with Gasteiger partial charge in [0.05, 0.1) is 4.90 Å². The van der Waals surface area contributed by atoms with Crippen molar-refractivity contribution in [2.45, 2.75) is 50.4 Å². The van der Waals surface area contributed by atoms with Gasteiger partial charge in [0.25, 0.3) is 5.91 Å². The average molecular weight is 393 g/mol. The van der Waals surface area contributed by atoms with Gasteiger partial charge in [0, 0.05) is 25.2 Å². The molecule has 0 saturated carbocycles. The fourth-order valence-electron chi connectivity index (χ4n) is 2.97. The van der Waals surface area contributed by atoms with Crippen LogP contribution in [0.1, 0.15) is 44.0 Å². The zero-order valence-corrected chi connectivity index (χ0v) is 17.1. The molecule has 0 aliphatic heterocycles. The maximum absolute atomic E-state index is 12.4. The molecule has 1 aromatic carbocycles. The minimum Gasteiger partial charge on any atom is -0.455 e. The second-order valence-corrected chi connectivity index (χ2v) is 9.01. The molecule has 6 nitrogen and oxygen atoms in total. The zero-order chi connectivity index (χ0) is 20.0. The van der Waals surface area contributed by atoms with Gasteiger partial charge < -0.3 is 9.73 Å². The quantitative estimate of drug-likeness (QED) is 0.709. The fraction of sp³-hybridized carbons (Fsp3) is 0.450. The van der Waals surface area contributed by atoms with E-state index in [1.54, 1.807) is 30.3 Å². The number of carbonyl (C=O) groups excluding carboxylic acids is 1. The van der Waals surface area contributed by atoms with Gasteiger partial charge in [-0.1, -0.05) is 18.2 Å². The normalized spacial score (nSPS) is 12.1. The molecular formula is C20H28N2O4S. The molecule has 0 atom stereocenters. The molecule has 2 rings (SSSR count). The standard InChI is InChI=1S/C20H28N2O4S/c1-15(2)22(16(3)4)13-12-21-20(23)19-11-10-17(26-19)14-27(24,25)18-8-6-5-7-9-18/h5-11,15-16H,12-14H2,1-4H3,(H,21,23). The molecule has 1 N–H and O–H groups in total. The lowest BCUT2D eigenvalue weighted by Gasteiger charge is -2.30. The van der Waals surface area contributed by atoms with Crippen LogP contribution in [0.15, 0.2) is 51.8 Å². The van der Waals surface area contributed by atoms with Gasteiger partial charge in [-0.05, 0) is 52.0 Å². The number of hydrogen-bond acceptors (Lipinski definition) is 5. The first-order valence-electron chi connectivity index (χ1n) is 9.11. The van der Waals surface area contributed by atoms with Crippen molar-refractivity contribution in [3.63, 3.8) is 0 Å². The molecule has 0 unspecified atom stereocenters. The Labute approximate surface area is 161 Å². The molecule has 0 aliphatic carbocycles. The summed E-state index contributed by atoms with van der Waals surface area (Å²) in [5.41, 5.74) is 0. The van der Waals surface area contributed by atoms with Gasteiger partial charge in [0.2, 0.25) is 0 Å². The van der Waals surface area contributed by atoms with Gasteiger partial charge in [0.15, 0.2) is 15.6 Å². The first-order chi connectivity index (χ1) is 12.7. The largest absolute Gasteiger partial charge is 0.455 e. The van der Waals surface area contributed by atoms with Crippen LogP contribution < -0.4 is 5.32 Å². The highest BCUT2D eigenvalue weighted by Crippen LogP contribution is 2.18. The van der Waals surface area contributed by atoms with Crippen molar-refractivity contribution in [1.82, 2.24) is 10.2 Å². The summed E-state index contributed by atoms with van der Waals surface area (Å²) >= 11 is 0. The number of benzene rings is 1. The number of furan rings is 1. The van der Waals surface area contributed by atoms with Crippen molar-refractivity contribution in [3.8, 4) is 0 Å². The topological polar surface area (TPSA) is 79.6 Å². The smallest absolute Gasteiger partial charge is 0.287 e. The number of carbonyl (C=O) groups is 1. The Balaban J connectivity index is 1.94. The Hall–Kier alpha value is -2.12. The maximum Gasteiger partial charge on any atom is 0.287 e. The number of nitrogens with one attached hydrogen (secondary N) is 1. The lowest BCUT2D eigenvalue weighted by Crippen LogP contribution is -2.42. The average Bonchev–Trinajstić information content (AvgIpc) is 3.06. The second-order valence-electron chi connectivity index (χ2n) is 7.02. The molecule has 0 bridgehead atoms. The molecule has 27 heavy (non-hydrogen) atoms. The summed E-state index contributed by atoms with van der Waals surface area (Å²) in [5, 5.41) is 2.82. The lowest BCUT2D eigenvalue weighted by atomic mass is 10.2. The van der Waals surface area contributed by atoms with Gasteiger partial charge >= 0.3 is 0 Å². The first-order valence-corrected chi connectivity index (χ1v) is 10.8. The van der Waals surface area contributed by atoms with Crippen LogP contribution in [0, 0.1) is 0 Å². The summed E-state index contributed by atoms with van der Waals surface area (Å²) < 4.78 is 30.2. The van der Waals surface area contributed by atoms with Crippen molar-refractivity contribution in [3.05, 3.63) is 54.0 Å². The van der Waals surface area contributed by atoms with Gasteiger partial charge in [-0.3, -0.25) is 9.69 Å². The lowest BCUT2D eigenvalue weighted by molar-refractivity contribution is 0.0910. The third-order valence-corrected chi connectivity index (χ3v) is 5.96. The highest BCUT2D eigenvalue weighted by atomic mass is 32.2.